The van der Waals surface area contributed by atoms with Gasteiger partial charge in [-0.1, -0.05) is 60.2 Å². The number of benzene rings is 3. The summed E-state index contributed by atoms with van der Waals surface area (Å²) in [5.74, 6) is -0.299. The molecule has 3 aromatic carbocycles. The highest BCUT2D eigenvalue weighted by Gasteiger charge is 2.21. The quantitative estimate of drug-likeness (QED) is 0.420. The number of carbonyl (C=O) groups is 1. The minimum Gasteiger partial charge on any atom is -0.331 e. The van der Waals surface area contributed by atoms with Crippen LogP contribution in [-0.2, 0) is 27.7 Å². The van der Waals surface area contributed by atoms with E-state index in [9.17, 15) is 18.0 Å². The molecule has 0 aliphatic rings. The molecule has 0 aliphatic carbocycles. The van der Waals surface area contributed by atoms with E-state index >= 15 is 0 Å². The summed E-state index contributed by atoms with van der Waals surface area (Å²) in [5, 5.41) is 0.469. The summed E-state index contributed by atoms with van der Waals surface area (Å²) in [5.41, 5.74) is 2.10. The van der Waals surface area contributed by atoms with Gasteiger partial charge in [-0.05, 0) is 36.8 Å². The SMILES string of the molecule is Cc1ccc(S(=O)(=O)CCC(=O)N(Cc2ccccc2)Cc2nc3ccccc3c(=O)[nH]2)cc1. The van der Waals surface area contributed by atoms with Gasteiger partial charge in [-0.15, -0.1) is 0 Å². The molecule has 1 heterocycles. The van der Waals surface area contributed by atoms with Gasteiger partial charge >= 0.3 is 0 Å². The Morgan fingerprint density at radius 3 is 2.32 bits per heavy atom. The third-order valence-electron chi connectivity index (χ3n) is 5.54. The zero-order chi connectivity index (χ0) is 24.1. The van der Waals surface area contributed by atoms with Gasteiger partial charge in [0, 0.05) is 13.0 Å². The minimum absolute atomic E-state index is 0.0539. The Labute approximate surface area is 198 Å². The van der Waals surface area contributed by atoms with E-state index in [4.69, 9.17) is 0 Å². The summed E-state index contributed by atoms with van der Waals surface area (Å²) in [6, 6.07) is 23.0. The number of sulfone groups is 1. The van der Waals surface area contributed by atoms with Crippen molar-refractivity contribution in [2.75, 3.05) is 5.75 Å². The zero-order valence-electron chi connectivity index (χ0n) is 18.8. The van der Waals surface area contributed by atoms with Crippen LogP contribution < -0.4 is 5.56 Å². The molecule has 1 amide bonds. The number of aryl methyl sites for hydroxylation is 1. The summed E-state index contributed by atoms with van der Waals surface area (Å²) in [6.45, 7) is 2.20. The van der Waals surface area contributed by atoms with Crippen LogP contribution in [-0.4, -0.2) is 34.9 Å². The molecule has 174 valence electrons. The first kappa shape index (κ1) is 23.4. The molecule has 0 radical (unpaired) electrons. The number of amides is 1. The maximum Gasteiger partial charge on any atom is 0.258 e. The van der Waals surface area contributed by atoms with Crippen LogP contribution in [0.3, 0.4) is 0 Å². The van der Waals surface area contributed by atoms with Crippen molar-refractivity contribution in [1.82, 2.24) is 14.9 Å². The van der Waals surface area contributed by atoms with E-state index in [1.807, 2.05) is 37.3 Å². The summed E-state index contributed by atoms with van der Waals surface area (Å²) >= 11 is 0. The molecular formula is C26H25N3O4S. The molecule has 1 aromatic heterocycles. The van der Waals surface area contributed by atoms with E-state index < -0.39 is 9.84 Å². The van der Waals surface area contributed by atoms with Gasteiger partial charge in [-0.25, -0.2) is 13.4 Å². The average molecular weight is 476 g/mol. The molecule has 7 nitrogen and oxygen atoms in total. The van der Waals surface area contributed by atoms with Crippen molar-refractivity contribution in [2.24, 2.45) is 0 Å². The first-order chi connectivity index (χ1) is 16.3. The lowest BCUT2D eigenvalue weighted by Crippen LogP contribution is -2.33. The number of aromatic nitrogens is 2. The number of H-pyrrole nitrogens is 1. The molecule has 0 unspecified atom stereocenters. The van der Waals surface area contributed by atoms with Crippen LogP contribution in [0.1, 0.15) is 23.4 Å². The van der Waals surface area contributed by atoms with Gasteiger partial charge in [-0.3, -0.25) is 9.59 Å². The maximum atomic E-state index is 13.2. The summed E-state index contributed by atoms with van der Waals surface area (Å²) in [4.78, 5) is 34.6. The number of para-hydroxylation sites is 1. The van der Waals surface area contributed by atoms with Crippen LogP contribution >= 0.6 is 0 Å². The molecule has 0 saturated carbocycles. The molecule has 8 heteroatoms. The lowest BCUT2D eigenvalue weighted by molar-refractivity contribution is -0.132. The summed E-state index contributed by atoms with van der Waals surface area (Å²) in [6.07, 6.45) is -0.180. The fourth-order valence-electron chi connectivity index (χ4n) is 3.67. The second-order valence-corrected chi connectivity index (χ2v) is 10.3. The monoisotopic (exact) mass is 475 g/mol. The average Bonchev–Trinajstić information content (AvgIpc) is 2.83. The molecule has 0 atom stereocenters. The Morgan fingerprint density at radius 1 is 0.912 bits per heavy atom. The van der Waals surface area contributed by atoms with E-state index in [2.05, 4.69) is 9.97 Å². The summed E-state index contributed by atoms with van der Waals surface area (Å²) in [7, 11) is -3.61. The molecule has 0 spiro atoms. The van der Waals surface area contributed by atoms with Crippen LogP contribution in [0.2, 0.25) is 0 Å². The van der Waals surface area contributed by atoms with E-state index in [0.717, 1.165) is 11.1 Å². The lowest BCUT2D eigenvalue weighted by Gasteiger charge is -2.22. The second kappa shape index (κ2) is 10.0. The number of nitrogens with zero attached hydrogens (tertiary/aromatic N) is 2. The molecule has 0 aliphatic heterocycles. The molecular weight excluding hydrogens is 450 g/mol. The van der Waals surface area contributed by atoms with Gasteiger partial charge in [0.1, 0.15) is 5.82 Å². The standard InChI is InChI=1S/C26H25N3O4S/c1-19-11-13-21(14-12-19)34(32,33)16-15-25(30)29(17-20-7-3-2-4-8-20)18-24-27-23-10-6-5-9-22(23)26(31)28-24/h2-14H,15-18H2,1H3,(H,27,28,31). The van der Waals surface area contributed by atoms with Crippen molar-refractivity contribution in [2.45, 2.75) is 31.3 Å². The van der Waals surface area contributed by atoms with Crippen LogP contribution in [0, 0.1) is 6.92 Å². The largest absolute Gasteiger partial charge is 0.331 e. The third-order valence-corrected chi connectivity index (χ3v) is 7.27. The molecule has 4 aromatic rings. The van der Waals surface area contributed by atoms with Gasteiger partial charge < -0.3 is 9.88 Å². The number of fused-ring (bicyclic) bond motifs is 1. The Bertz CT molecular complexity index is 1460. The second-order valence-electron chi connectivity index (χ2n) is 8.15. The Hall–Kier alpha value is -3.78. The third kappa shape index (κ3) is 5.58. The fraction of sp³-hybridized carbons (Fsp3) is 0.192. The van der Waals surface area contributed by atoms with Gasteiger partial charge in [0.15, 0.2) is 9.84 Å². The first-order valence-electron chi connectivity index (χ1n) is 10.9. The van der Waals surface area contributed by atoms with Crippen LogP contribution in [0.25, 0.3) is 10.9 Å². The highest BCUT2D eigenvalue weighted by atomic mass is 32.2. The van der Waals surface area contributed by atoms with Gasteiger partial charge in [0.05, 0.1) is 28.1 Å². The highest BCUT2D eigenvalue weighted by molar-refractivity contribution is 7.91. The number of hydrogen-bond donors (Lipinski definition) is 1. The van der Waals surface area contributed by atoms with Crippen molar-refractivity contribution in [1.29, 1.82) is 0 Å². The van der Waals surface area contributed by atoms with E-state index in [1.165, 1.54) is 4.90 Å². The molecule has 0 saturated heterocycles. The van der Waals surface area contributed by atoms with Crippen LogP contribution in [0.5, 0.6) is 0 Å². The predicted molar refractivity (Wildman–Crippen MR) is 131 cm³/mol. The molecule has 0 bridgehead atoms. The number of aromatic amines is 1. The number of nitrogens with one attached hydrogen (secondary N) is 1. The number of carbonyl (C=O) groups excluding carboxylic acids is 1. The number of hydrogen-bond acceptors (Lipinski definition) is 5. The maximum absolute atomic E-state index is 13.2. The Morgan fingerprint density at radius 2 is 1.59 bits per heavy atom. The molecule has 0 fully saturated rings. The molecule has 1 N–H and O–H groups in total. The zero-order valence-corrected chi connectivity index (χ0v) is 19.6. The van der Waals surface area contributed by atoms with E-state index in [-0.39, 0.29) is 41.6 Å². The Balaban J connectivity index is 1.56. The lowest BCUT2D eigenvalue weighted by atomic mass is 10.2. The van der Waals surface area contributed by atoms with E-state index in [1.54, 1.807) is 48.5 Å². The highest BCUT2D eigenvalue weighted by Crippen LogP contribution is 2.16. The van der Waals surface area contributed by atoms with Gasteiger partial charge in [0.25, 0.3) is 5.56 Å². The fourth-order valence-corrected chi connectivity index (χ4v) is 4.90. The molecule has 34 heavy (non-hydrogen) atoms. The topological polar surface area (TPSA) is 100 Å². The van der Waals surface area contributed by atoms with Crippen molar-refractivity contribution < 1.29 is 13.2 Å². The van der Waals surface area contributed by atoms with Crippen molar-refractivity contribution in [3.63, 3.8) is 0 Å². The van der Waals surface area contributed by atoms with Crippen LogP contribution in [0.15, 0.2) is 88.6 Å². The van der Waals surface area contributed by atoms with Crippen molar-refractivity contribution >= 4 is 26.6 Å². The minimum atomic E-state index is -3.61. The van der Waals surface area contributed by atoms with Crippen molar-refractivity contribution in [3.05, 3.63) is 106 Å². The van der Waals surface area contributed by atoms with E-state index in [0.29, 0.717) is 16.7 Å². The normalized spacial score (nSPS) is 11.4. The predicted octanol–water partition coefficient (Wildman–Crippen LogP) is 3.62. The van der Waals surface area contributed by atoms with Gasteiger partial charge in [0.2, 0.25) is 5.91 Å². The Kier molecular flexibility index (Phi) is 6.88. The smallest absolute Gasteiger partial charge is 0.258 e. The van der Waals surface area contributed by atoms with Crippen LogP contribution in [0.4, 0.5) is 0 Å². The van der Waals surface area contributed by atoms with Crippen molar-refractivity contribution in [3.8, 4) is 0 Å². The molecule has 4 rings (SSSR count). The van der Waals surface area contributed by atoms with Gasteiger partial charge in [-0.2, -0.15) is 0 Å². The summed E-state index contributed by atoms with van der Waals surface area (Å²) < 4.78 is 25.5. The first-order valence-corrected chi connectivity index (χ1v) is 12.6. The number of rotatable bonds is 8.